The Balaban J connectivity index is 1.54. The van der Waals surface area contributed by atoms with Crippen molar-refractivity contribution in [2.45, 2.75) is 49.6 Å². The Hall–Kier alpha value is -2.58. The highest BCUT2D eigenvalue weighted by molar-refractivity contribution is 7.89. The van der Waals surface area contributed by atoms with Crippen LogP contribution in [0.3, 0.4) is 0 Å². The Bertz CT molecular complexity index is 1070. The highest BCUT2D eigenvalue weighted by atomic mass is 32.2. The molecular weight excluding hydrogens is 416 g/mol. The van der Waals surface area contributed by atoms with Crippen LogP contribution in [0.4, 0.5) is 0 Å². The Morgan fingerprint density at radius 1 is 1.13 bits per heavy atom. The normalized spacial score (nSPS) is 20.5. The van der Waals surface area contributed by atoms with E-state index in [1.54, 1.807) is 19.2 Å². The van der Waals surface area contributed by atoms with Gasteiger partial charge in [0.15, 0.2) is 0 Å². The van der Waals surface area contributed by atoms with Crippen molar-refractivity contribution in [1.29, 1.82) is 0 Å². The number of sulfonamides is 1. The lowest BCUT2D eigenvalue weighted by atomic mass is 9.89. The number of ether oxygens (including phenoxy) is 2. The Kier molecular flexibility index (Phi) is 5.70. The first-order chi connectivity index (χ1) is 14.7. The summed E-state index contributed by atoms with van der Waals surface area (Å²) in [6.45, 7) is 5.06. The second-order valence-electron chi connectivity index (χ2n) is 8.63. The second kappa shape index (κ2) is 8.16. The highest BCUT2D eigenvalue weighted by Gasteiger charge is 2.35. The molecule has 4 rings (SSSR count). The van der Waals surface area contributed by atoms with Crippen LogP contribution >= 0.6 is 0 Å². The molecule has 31 heavy (non-hydrogen) atoms. The van der Waals surface area contributed by atoms with Crippen LogP contribution in [0.2, 0.25) is 0 Å². The molecule has 166 valence electrons. The lowest BCUT2D eigenvalue weighted by molar-refractivity contribution is 0.0618. The Morgan fingerprint density at radius 3 is 2.45 bits per heavy atom. The molecule has 1 saturated heterocycles. The van der Waals surface area contributed by atoms with E-state index in [0.717, 1.165) is 24.2 Å². The fraction of sp³-hybridized carbons (Fsp3) is 0.435. The summed E-state index contributed by atoms with van der Waals surface area (Å²) < 4.78 is 38.3. The Morgan fingerprint density at radius 2 is 1.81 bits per heavy atom. The molecule has 2 aromatic carbocycles. The maximum atomic E-state index is 13.0. The number of rotatable bonds is 5. The molecule has 1 N–H and O–H groups in total. The maximum absolute atomic E-state index is 13.0. The zero-order valence-electron chi connectivity index (χ0n) is 18.1. The molecule has 0 aromatic heterocycles. The fourth-order valence-corrected chi connectivity index (χ4v) is 5.70. The van der Waals surface area contributed by atoms with Gasteiger partial charge in [0.05, 0.1) is 18.0 Å². The van der Waals surface area contributed by atoms with E-state index in [1.165, 1.54) is 16.4 Å². The van der Waals surface area contributed by atoms with Crippen LogP contribution in [0.25, 0.3) is 0 Å². The van der Waals surface area contributed by atoms with Crippen molar-refractivity contribution in [1.82, 2.24) is 9.62 Å². The molecule has 0 aliphatic carbocycles. The number of carbonyl (C=O) groups excluding carboxylic acids is 1. The van der Waals surface area contributed by atoms with Gasteiger partial charge in [-0.2, -0.15) is 4.31 Å². The first kappa shape index (κ1) is 21.6. The molecule has 0 saturated carbocycles. The number of amides is 1. The van der Waals surface area contributed by atoms with Crippen LogP contribution in [0.5, 0.6) is 11.5 Å². The van der Waals surface area contributed by atoms with E-state index in [0.29, 0.717) is 30.8 Å². The SMILES string of the molecule is COc1ccc2c(c1)[C@H](NC(=O)c1ccc(S(=O)(=O)N3CCCC3)cc1)CC(C)(C)O2. The van der Waals surface area contributed by atoms with Gasteiger partial charge in [0.2, 0.25) is 10.0 Å². The van der Waals surface area contributed by atoms with E-state index >= 15 is 0 Å². The summed E-state index contributed by atoms with van der Waals surface area (Å²) in [6.07, 6.45) is 2.36. The zero-order chi connectivity index (χ0) is 22.2. The highest BCUT2D eigenvalue weighted by Crippen LogP contribution is 2.41. The van der Waals surface area contributed by atoms with Crippen LogP contribution < -0.4 is 14.8 Å². The number of hydrogen-bond acceptors (Lipinski definition) is 5. The summed E-state index contributed by atoms with van der Waals surface area (Å²) in [4.78, 5) is 13.2. The van der Waals surface area contributed by atoms with Crippen molar-refractivity contribution in [2.24, 2.45) is 0 Å². The van der Waals surface area contributed by atoms with Gasteiger partial charge in [-0.25, -0.2) is 8.42 Å². The van der Waals surface area contributed by atoms with Gasteiger partial charge in [-0.1, -0.05) is 0 Å². The second-order valence-corrected chi connectivity index (χ2v) is 10.6. The third-order valence-corrected chi connectivity index (χ3v) is 7.71. The van der Waals surface area contributed by atoms with Gasteiger partial charge in [-0.3, -0.25) is 4.79 Å². The van der Waals surface area contributed by atoms with Crippen LogP contribution in [-0.2, 0) is 10.0 Å². The van der Waals surface area contributed by atoms with Gasteiger partial charge in [-0.05, 0) is 69.2 Å². The minimum absolute atomic E-state index is 0.216. The van der Waals surface area contributed by atoms with Gasteiger partial charge < -0.3 is 14.8 Å². The smallest absolute Gasteiger partial charge is 0.251 e. The van der Waals surface area contributed by atoms with E-state index in [-0.39, 0.29) is 16.8 Å². The third-order valence-electron chi connectivity index (χ3n) is 5.80. The number of methoxy groups -OCH3 is 1. The van der Waals surface area contributed by atoms with Crippen LogP contribution in [0.1, 0.15) is 55.1 Å². The third kappa shape index (κ3) is 4.41. The van der Waals surface area contributed by atoms with Crippen molar-refractivity contribution in [3.8, 4) is 11.5 Å². The summed E-state index contributed by atoms with van der Waals surface area (Å²) in [5, 5.41) is 3.08. The summed E-state index contributed by atoms with van der Waals surface area (Å²) in [5.41, 5.74) is 0.835. The van der Waals surface area contributed by atoms with Crippen LogP contribution in [-0.4, -0.2) is 44.4 Å². The topological polar surface area (TPSA) is 84.9 Å². The van der Waals surface area contributed by atoms with Crippen LogP contribution in [0, 0.1) is 0 Å². The molecule has 0 spiro atoms. The largest absolute Gasteiger partial charge is 0.497 e. The minimum Gasteiger partial charge on any atom is -0.497 e. The minimum atomic E-state index is -3.50. The standard InChI is InChI=1S/C23H28N2O5S/c1-23(2)15-20(19-14-17(29-3)8-11-21(19)30-23)24-22(26)16-6-9-18(10-7-16)31(27,28)25-12-4-5-13-25/h6-11,14,20H,4-5,12-13,15H2,1-3H3,(H,24,26)/t20-/m1/s1. The monoisotopic (exact) mass is 444 g/mol. The van der Waals surface area contributed by atoms with Crippen molar-refractivity contribution in [3.05, 3.63) is 53.6 Å². The lowest BCUT2D eigenvalue weighted by Crippen LogP contribution is -2.41. The molecule has 0 unspecified atom stereocenters. The van der Waals surface area contributed by atoms with E-state index in [2.05, 4.69) is 5.32 Å². The summed E-state index contributed by atoms with van der Waals surface area (Å²) >= 11 is 0. The number of hydrogen-bond donors (Lipinski definition) is 1. The molecule has 2 aromatic rings. The number of nitrogens with one attached hydrogen (secondary N) is 1. The van der Waals surface area contributed by atoms with Gasteiger partial charge in [0.25, 0.3) is 5.91 Å². The molecule has 2 aliphatic rings. The molecule has 8 heteroatoms. The predicted molar refractivity (Wildman–Crippen MR) is 117 cm³/mol. The van der Waals surface area contributed by atoms with Crippen LogP contribution in [0.15, 0.2) is 47.4 Å². The van der Waals surface area contributed by atoms with Gasteiger partial charge in [-0.15, -0.1) is 0 Å². The summed E-state index contributed by atoms with van der Waals surface area (Å²) in [6, 6.07) is 11.5. The number of nitrogens with zero attached hydrogens (tertiary/aromatic N) is 1. The van der Waals surface area contributed by atoms with Crippen molar-refractivity contribution < 1.29 is 22.7 Å². The maximum Gasteiger partial charge on any atom is 0.251 e. The van der Waals surface area contributed by atoms with E-state index in [9.17, 15) is 13.2 Å². The first-order valence-corrected chi connectivity index (χ1v) is 11.9. The molecule has 2 heterocycles. The van der Waals surface area contributed by atoms with Crippen molar-refractivity contribution in [2.75, 3.05) is 20.2 Å². The molecule has 2 aliphatic heterocycles. The van der Waals surface area contributed by atoms with Gasteiger partial charge in [0, 0.05) is 30.6 Å². The molecule has 1 atom stereocenters. The average molecular weight is 445 g/mol. The number of benzene rings is 2. The molecular formula is C23H28N2O5S. The molecule has 0 radical (unpaired) electrons. The average Bonchev–Trinajstić information content (AvgIpc) is 3.29. The lowest BCUT2D eigenvalue weighted by Gasteiger charge is -2.38. The van der Waals surface area contributed by atoms with Crippen molar-refractivity contribution in [3.63, 3.8) is 0 Å². The summed E-state index contributed by atoms with van der Waals surface area (Å²) in [5.74, 6) is 1.15. The van der Waals surface area contributed by atoms with Crippen molar-refractivity contribution >= 4 is 15.9 Å². The van der Waals surface area contributed by atoms with E-state index < -0.39 is 15.6 Å². The molecule has 1 amide bonds. The number of fused-ring (bicyclic) bond motifs is 1. The van der Waals surface area contributed by atoms with E-state index in [4.69, 9.17) is 9.47 Å². The zero-order valence-corrected chi connectivity index (χ0v) is 18.9. The summed E-state index contributed by atoms with van der Waals surface area (Å²) in [7, 11) is -1.90. The first-order valence-electron chi connectivity index (χ1n) is 10.5. The molecule has 7 nitrogen and oxygen atoms in total. The van der Waals surface area contributed by atoms with Gasteiger partial charge >= 0.3 is 0 Å². The van der Waals surface area contributed by atoms with Gasteiger partial charge in [0.1, 0.15) is 17.1 Å². The Labute approximate surface area is 183 Å². The fourth-order valence-electron chi connectivity index (χ4n) is 4.19. The quantitative estimate of drug-likeness (QED) is 0.763. The predicted octanol–water partition coefficient (Wildman–Crippen LogP) is 3.51. The molecule has 1 fully saturated rings. The van der Waals surface area contributed by atoms with E-state index in [1.807, 2.05) is 32.0 Å². The molecule has 0 bridgehead atoms. The number of carbonyl (C=O) groups is 1.